The molecule has 0 aliphatic rings. The van der Waals surface area contributed by atoms with E-state index in [4.69, 9.17) is 10.5 Å². The van der Waals surface area contributed by atoms with Gasteiger partial charge in [-0.2, -0.15) is 15.3 Å². The minimum absolute atomic E-state index is 0.0882. The summed E-state index contributed by atoms with van der Waals surface area (Å²) in [5.74, 6) is 1.30. The van der Waals surface area contributed by atoms with Crippen molar-refractivity contribution >= 4 is 0 Å². The normalized spacial score (nSPS) is 11.7. The maximum Gasteiger partial charge on any atom is 0.223 e. The van der Waals surface area contributed by atoms with Gasteiger partial charge in [0, 0.05) is 36.0 Å². The van der Waals surface area contributed by atoms with Gasteiger partial charge < -0.3 is 15.6 Å². The van der Waals surface area contributed by atoms with E-state index in [9.17, 15) is 10.4 Å². The first-order chi connectivity index (χ1) is 15.1. The second kappa shape index (κ2) is 8.75. The fraction of sp³-hybridized carbons (Fsp3) is 0.130. The van der Waals surface area contributed by atoms with Gasteiger partial charge in [-0.15, -0.1) is 0 Å². The Kier molecular flexibility index (Phi) is 5.71. The summed E-state index contributed by atoms with van der Waals surface area (Å²) in [7, 11) is 0. The molecule has 0 saturated heterocycles. The molecule has 0 unspecified atom stereocenters. The Morgan fingerprint density at radius 2 is 1.97 bits per heavy atom. The highest BCUT2D eigenvalue weighted by Gasteiger charge is 2.15. The first kappa shape index (κ1) is 20.2. The second-order valence-electron chi connectivity index (χ2n) is 6.87. The number of aliphatic hydroxyl groups is 1. The van der Waals surface area contributed by atoms with Gasteiger partial charge in [-0.25, -0.2) is 9.67 Å². The van der Waals surface area contributed by atoms with E-state index in [0.29, 0.717) is 34.3 Å². The average molecular weight is 412 g/mol. The van der Waals surface area contributed by atoms with Gasteiger partial charge in [0.2, 0.25) is 5.88 Å². The van der Waals surface area contributed by atoms with Gasteiger partial charge in [-0.05, 0) is 19.1 Å². The minimum atomic E-state index is -0.811. The summed E-state index contributed by atoms with van der Waals surface area (Å²) in [6.07, 6.45) is 2.41. The molecule has 0 amide bonds. The molecule has 0 fully saturated rings. The Morgan fingerprint density at radius 3 is 2.71 bits per heavy atom. The molecule has 2 aromatic carbocycles. The molecule has 0 aliphatic heterocycles. The first-order valence-electron chi connectivity index (χ1n) is 9.63. The third kappa shape index (κ3) is 4.43. The SMILES string of the molecule is Cc1nc(Oc2cc(C#N)ccc2-n2cc([C@@H](O)CN)cn2)cc(-c2ccccc2)n1. The van der Waals surface area contributed by atoms with Crippen LogP contribution in [0.5, 0.6) is 11.6 Å². The van der Waals surface area contributed by atoms with Crippen LogP contribution in [0.2, 0.25) is 0 Å². The van der Waals surface area contributed by atoms with Crippen LogP contribution in [-0.4, -0.2) is 31.4 Å². The van der Waals surface area contributed by atoms with Crippen molar-refractivity contribution in [3.05, 3.63) is 83.9 Å². The number of hydrogen-bond acceptors (Lipinski definition) is 7. The number of nitriles is 1. The number of nitrogens with two attached hydrogens (primary N) is 1. The van der Waals surface area contributed by atoms with E-state index in [1.54, 1.807) is 48.3 Å². The Morgan fingerprint density at radius 1 is 1.16 bits per heavy atom. The van der Waals surface area contributed by atoms with Gasteiger partial charge in [0.25, 0.3) is 0 Å². The monoisotopic (exact) mass is 412 g/mol. The number of aromatic nitrogens is 4. The molecular weight excluding hydrogens is 392 g/mol. The lowest BCUT2D eigenvalue weighted by molar-refractivity contribution is 0.186. The standard InChI is InChI=1S/C23H20N6O2/c1-15-27-19(17-5-3-2-4-6-17)10-23(28-15)31-22-9-16(11-24)7-8-20(22)29-14-18(13-26-29)21(30)12-25/h2-10,13-14,21,30H,12,25H2,1H3/t21-/m0/s1. The maximum atomic E-state index is 9.98. The molecule has 4 aromatic rings. The van der Waals surface area contributed by atoms with Crippen molar-refractivity contribution in [3.63, 3.8) is 0 Å². The summed E-state index contributed by atoms with van der Waals surface area (Å²) >= 11 is 0. The number of ether oxygens (including phenoxy) is 1. The molecule has 3 N–H and O–H groups in total. The zero-order valence-corrected chi connectivity index (χ0v) is 16.8. The van der Waals surface area contributed by atoms with E-state index in [1.807, 2.05) is 30.3 Å². The van der Waals surface area contributed by atoms with Gasteiger partial charge in [0.1, 0.15) is 11.5 Å². The highest BCUT2D eigenvalue weighted by Crippen LogP contribution is 2.30. The number of aliphatic hydroxyl groups excluding tert-OH is 1. The topological polar surface area (TPSA) is 123 Å². The van der Waals surface area contributed by atoms with Gasteiger partial charge in [-0.1, -0.05) is 30.3 Å². The molecule has 8 nitrogen and oxygen atoms in total. The zero-order valence-electron chi connectivity index (χ0n) is 16.8. The highest BCUT2D eigenvalue weighted by molar-refractivity contribution is 5.60. The molecular formula is C23H20N6O2. The fourth-order valence-electron chi connectivity index (χ4n) is 3.09. The summed E-state index contributed by atoms with van der Waals surface area (Å²) in [5.41, 5.74) is 8.82. The van der Waals surface area contributed by atoms with Crippen molar-refractivity contribution in [2.24, 2.45) is 5.73 Å². The van der Waals surface area contributed by atoms with Crippen molar-refractivity contribution in [1.82, 2.24) is 19.7 Å². The van der Waals surface area contributed by atoms with Crippen molar-refractivity contribution in [2.45, 2.75) is 13.0 Å². The van der Waals surface area contributed by atoms with E-state index in [1.165, 1.54) is 0 Å². The van der Waals surface area contributed by atoms with Crippen molar-refractivity contribution in [2.75, 3.05) is 6.54 Å². The van der Waals surface area contributed by atoms with Crippen LogP contribution < -0.4 is 10.5 Å². The largest absolute Gasteiger partial charge is 0.437 e. The number of rotatable bonds is 6. The predicted molar refractivity (Wildman–Crippen MR) is 115 cm³/mol. The predicted octanol–water partition coefficient (Wildman–Crippen LogP) is 3.29. The molecule has 0 bridgehead atoms. The van der Waals surface area contributed by atoms with Crippen LogP contribution in [0.25, 0.3) is 16.9 Å². The van der Waals surface area contributed by atoms with Crippen LogP contribution in [0.15, 0.2) is 67.0 Å². The van der Waals surface area contributed by atoms with Crippen LogP contribution in [0.4, 0.5) is 0 Å². The van der Waals surface area contributed by atoms with Gasteiger partial charge >= 0.3 is 0 Å². The maximum absolute atomic E-state index is 9.98. The molecule has 0 spiro atoms. The van der Waals surface area contributed by atoms with E-state index < -0.39 is 6.10 Å². The summed E-state index contributed by atoms with van der Waals surface area (Å²) in [6.45, 7) is 1.88. The summed E-state index contributed by atoms with van der Waals surface area (Å²) < 4.78 is 7.66. The lowest BCUT2D eigenvalue weighted by atomic mass is 10.1. The Bertz CT molecular complexity index is 1250. The number of hydrogen-bond donors (Lipinski definition) is 2. The molecule has 0 aliphatic carbocycles. The Hall–Kier alpha value is -4.06. The lowest BCUT2D eigenvalue weighted by Crippen LogP contribution is -2.10. The average Bonchev–Trinajstić information content (AvgIpc) is 3.28. The fourth-order valence-corrected chi connectivity index (χ4v) is 3.09. The van der Waals surface area contributed by atoms with Crippen LogP contribution in [0.3, 0.4) is 0 Å². The highest BCUT2D eigenvalue weighted by atomic mass is 16.5. The van der Waals surface area contributed by atoms with Crippen LogP contribution >= 0.6 is 0 Å². The van der Waals surface area contributed by atoms with E-state index in [2.05, 4.69) is 21.1 Å². The smallest absolute Gasteiger partial charge is 0.223 e. The van der Waals surface area contributed by atoms with Crippen LogP contribution in [0.1, 0.15) is 23.1 Å². The number of aryl methyl sites for hydroxylation is 1. The van der Waals surface area contributed by atoms with Crippen LogP contribution in [0, 0.1) is 18.3 Å². The molecule has 0 radical (unpaired) electrons. The third-order valence-corrected chi connectivity index (χ3v) is 4.64. The second-order valence-corrected chi connectivity index (χ2v) is 6.87. The Labute approximate surface area is 179 Å². The molecule has 1 atom stereocenters. The van der Waals surface area contributed by atoms with Crippen molar-refractivity contribution < 1.29 is 9.84 Å². The molecule has 154 valence electrons. The minimum Gasteiger partial charge on any atom is -0.437 e. The molecule has 4 rings (SSSR count). The van der Waals surface area contributed by atoms with Gasteiger partial charge in [0.05, 0.1) is 29.6 Å². The summed E-state index contributed by atoms with van der Waals surface area (Å²) in [4.78, 5) is 8.88. The van der Waals surface area contributed by atoms with Crippen molar-refractivity contribution in [3.8, 4) is 34.6 Å². The quantitative estimate of drug-likeness (QED) is 0.498. The van der Waals surface area contributed by atoms with Gasteiger partial charge in [0.15, 0.2) is 5.75 Å². The molecule has 8 heteroatoms. The number of benzene rings is 2. The summed E-state index contributed by atoms with van der Waals surface area (Å²) in [6, 6.07) is 18.6. The first-order valence-corrected chi connectivity index (χ1v) is 9.63. The molecule has 2 aromatic heterocycles. The van der Waals surface area contributed by atoms with Gasteiger partial charge in [-0.3, -0.25) is 0 Å². The number of nitrogens with zero attached hydrogens (tertiary/aromatic N) is 5. The zero-order chi connectivity index (χ0) is 21.8. The Balaban J connectivity index is 1.74. The van der Waals surface area contributed by atoms with E-state index >= 15 is 0 Å². The van der Waals surface area contributed by atoms with Crippen molar-refractivity contribution in [1.29, 1.82) is 5.26 Å². The third-order valence-electron chi connectivity index (χ3n) is 4.64. The lowest BCUT2D eigenvalue weighted by Gasteiger charge is -2.12. The van der Waals surface area contributed by atoms with E-state index in [0.717, 1.165) is 11.3 Å². The summed E-state index contributed by atoms with van der Waals surface area (Å²) in [5, 5.41) is 23.6. The molecule has 2 heterocycles. The van der Waals surface area contributed by atoms with Crippen LogP contribution in [-0.2, 0) is 0 Å². The molecule has 0 saturated carbocycles. The van der Waals surface area contributed by atoms with E-state index in [-0.39, 0.29) is 6.54 Å². The molecule has 31 heavy (non-hydrogen) atoms.